The third-order valence-corrected chi connectivity index (χ3v) is 3.03. The molecule has 102 valence electrons. The average molecular weight is 256 g/mol. The molecule has 0 radical (unpaired) electrons. The van der Waals surface area contributed by atoms with Gasteiger partial charge in [-0.3, -0.25) is 15.0 Å². The molecule has 18 heavy (non-hydrogen) atoms. The molecule has 1 aromatic heterocycles. The van der Waals surface area contributed by atoms with E-state index in [0.29, 0.717) is 24.9 Å². The van der Waals surface area contributed by atoms with E-state index in [4.69, 9.17) is 9.52 Å². The molecule has 1 heterocycles. The lowest BCUT2D eigenvalue weighted by Gasteiger charge is -2.28. The molecule has 0 bridgehead atoms. The van der Waals surface area contributed by atoms with Gasteiger partial charge in [-0.25, -0.2) is 0 Å². The molecule has 0 atom stereocenters. The molecule has 0 fully saturated rings. The van der Waals surface area contributed by atoms with Gasteiger partial charge in [0.05, 0.1) is 19.2 Å². The number of aliphatic hydroxyl groups is 1. The first-order chi connectivity index (χ1) is 8.62. The third kappa shape index (κ3) is 3.82. The van der Waals surface area contributed by atoms with Gasteiger partial charge in [0.15, 0.2) is 0 Å². The normalized spacial score (nSPS) is 11.4. The van der Waals surface area contributed by atoms with E-state index in [1.165, 1.54) is 6.07 Å². The summed E-state index contributed by atoms with van der Waals surface area (Å²) in [5.41, 5.74) is 0. The van der Waals surface area contributed by atoms with Crippen LogP contribution in [0.25, 0.3) is 0 Å². The van der Waals surface area contributed by atoms with Crippen molar-refractivity contribution < 1.29 is 14.4 Å². The maximum Gasteiger partial charge on any atom is 0.433 e. The van der Waals surface area contributed by atoms with Crippen molar-refractivity contribution in [2.75, 3.05) is 13.2 Å². The maximum absolute atomic E-state index is 10.5. The molecule has 6 heteroatoms. The summed E-state index contributed by atoms with van der Waals surface area (Å²) < 4.78 is 5.14. The number of hydrogen-bond donors (Lipinski definition) is 1. The van der Waals surface area contributed by atoms with Crippen molar-refractivity contribution in [1.29, 1.82) is 0 Å². The molecule has 0 amide bonds. The van der Waals surface area contributed by atoms with E-state index < -0.39 is 4.92 Å². The van der Waals surface area contributed by atoms with Crippen molar-refractivity contribution in [2.24, 2.45) is 0 Å². The van der Waals surface area contributed by atoms with Crippen LogP contribution in [0.3, 0.4) is 0 Å². The first-order valence-corrected chi connectivity index (χ1v) is 6.20. The van der Waals surface area contributed by atoms with Crippen LogP contribution in [-0.4, -0.2) is 34.1 Å². The Morgan fingerprint density at radius 2 is 2.11 bits per heavy atom. The van der Waals surface area contributed by atoms with Crippen LogP contribution in [0.4, 0.5) is 5.88 Å². The minimum absolute atomic E-state index is 0.0688. The Morgan fingerprint density at radius 3 is 2.56 bits per heavy atom. The number of rotatable bonds is 8. The third-order valence-electron chi connectivity index (χ3n) is 3.03. The molecule has 1 N–H and O–H groups in total. The van der Waals surface area contributed by atoms with Gasteiger partial charge in [-0.2, -0.15) is 0 Å². The Labute approximate surface area is 106 Å². The summed E-state index contributed by atoms with van der Waals surface area (Å²) in [7, 11) is 0. The predicted octanol–water partition coefficient (Wildman–Crippen LogP) is 2.17. The fraction of sp³-hybridized carbons (Fsp3) is 0.667. The molecule has 0 unspecified atom stereocenters. The number of hydrogen-bond acceptors (Lipinski definition) is 5. The van der Waals surface area contributed by atoms with Gasteiger partial charge >= 0.3 is 5.88 Å². The Balaban J connectivity index is 2.72. The molecule has 0 saturated carbocycles. The Kier molecular flexibility index (Phi) is 5.80. The van der Waals surface area contributed by atoms with E-state index in [1.807, 2.05) is 0 Å². The zero-order chi connectivity index (χ0) is 13.5. The van der Waals surface area contributed by atoms with Crippen molar-refractivity contribution in [3.63, 3.8) is 0 Å². The Hall–Kier alpha value is -1.40. The standard InChI is InChI=1S/C12H20N2O4/c1-3-10(4-2)13(7-8-15)9-11-5-6-12(18-11)14(16)17/h5-6,10,15H,3-4,7-9H2,1-2H3. The van der Waals surface area contributed by atoms with E-state index in [9.17, 15) is 10.1 Å². The van der Waals surface area contributed by atoms with Gasteiger partial charge in [0, 0.05) is 12.6 Å². The van der Waals surface area contributed by atoms with Crippen LogP contribution in [-0.2, 0) is 6.54 Å². The second kappa shape index (κ2) is 7.13. The molecule has 0 aliphatic carbocycles. The van der Waals surface area contributed by atoms with E-state index >= 15 is 0 Å². The van der Waals surface area contributed by atoms with Gasteiger partial charge in [0.2, 0.25) is 0 Å². The molecule has 1 rings (SSSR count). The molecular weight excluding hydrogens is 236 g/mol. The summed E-state index contributed by atoms with van der Waals surface area (Å²) in [5, 5.41) is 19.6. The number of furan rings is 1. The monoisotopic (exact) mass is 256 g/mol. The summed E-state index contributed by atoms with van der Waals surface area (Å²) in [4.78, 5) is 12.1. The van der Waals surface area contributed by atoms with Crippen molar-refractivity contribution in [2.45, 2.75) is 39.3 Å². The lowest BCUT2D eigenvalue weighted by molar-refractivity contribution is -0.402. The largest absolute Gasteiger partial charge is 0.433 e. The SMILES string of the molecule is CCC(CC)N(CCO)Cc1ccc([N+](=O)[O-])o1. The first-order valence-electron chi connectivity index (χ1n) is 6.20. The van der Waals surface area contributed by atoms with E-state index in [1.54, 1.807) is 6.07 Å². The molecule has 0 aromatic carbocycles. The Bertz CT molecular complexity index is 374. The highest BCUT2D eigenvalue weighted by atomic mass is 16.6. The summed E-state index contributed by atoms with van der Waals surface area (Å²) in [5.74, 6) is 0.320. The second-order valence-corrected chi connectivity index (χ2v) is 4.16. The van der Waals surface area contributed by atoms with Crippen molar-refractivity contribution >= 4 is 5.88 Å². The van der Waals surface area contributed by atoms with Crippen LogP contribution in [0.1, 0.15) is 32.4 Å². The van der Waals surface area contributed by atoms with Crippen LogP contribution < -0.4 is 0 Å². The van der Waals surface area contributed by atoms with E-state index in [-0.39, 0.29) is 12.5 Å². The fourth-order valence-electron chi connectivity index (χ4n) is 2.07. The highest BCUT2D eigenvalue weighted by Gasteiger charge is 2.18. The molecule has 1 aromatic rings. The van der Waals surface area contributed by atoms with E-state index in [0.717, 1.165) is 12.8 Å². The zero-order valence-corrected chi connectivity index (χ0v) is 10.8. The Morgan fingerprint density at radius 1 is 1.44 bits per heavy atom. The first kappa shape index (κ1) is 14.7. The molecular formula is C12H20N2O4. The van der Waals surface area contributed by atoms with E-state index in [2.05, 4.69) is 18.7 Å². The van der Waals surface area contributed by atoms with Gasteiger partial charge in [-0.15, -0.1) is 0 Å². The quantitative estimate of drug-likeness (QED) is 0.569. The molecule has 0 aliphatic heterocycles. The summed E-state index contributed by atoms with van der Waals surface area (Å²) in [6, 6.07) is 3.32. The number of nitrogens with zero attached hydrogens (tertiary/aromatic N) is 2. The average Bonchev–Trinajstić information content (AvgIpc) is 2.79. The zero-order valence-electron chi connectivity index (χ0n) is 10.8. The fourth-order valence-corrected chi connectivity index (χ4v) is 2.07. The van der Waals surface area contributed by atoms with Crippen LogP contribution >= 0.6 is 0 Å². The van der Waals surface area contributed by atoms with Gasteiger partial charge in [0.25, 0.3) is 0 Å². The molecule has 0 aliphatic rings. The number of aliphatic hydroxyl groups excluding tert-OH is 1. The van der Waals surface area contributed by atoms with Crippen molar-refractivity contribution in [3.8, 4) is 0 Å². The highest BCUT2D eigenvalue weighted by molar-refractivity contribution is 5.17. The highest BCUT2D eigenvalue weighted by Crippen LogP contribution is 2.19. The molecule has 0 saturated heterocycles. The number of nitro groups is 1. The lowest BCUT2D eigenvalue weighted by atomic mass is 10.1. The minimum atomic E-state index is -0.545. The van der Waals surface area contributed by atoms with Crippen LogP contribution in [0.15, 0.2) is 16.5 Å². The van der Waals surface area contributed by atoms with Crippen molar-refractivity contribution in [3.05, 3.63) is 28.0 Å². The van der Waals surface area contributed by atoms with Gasteiger partial charge in [-0.05, 0) is 18.9 Å². The molecule has 0 spiro atoms. The predicted molar refractivity (Wildman–Crippen MR) is 67.2 cm³/mol. The second-order valence-electron chi connectivity index (χ2n) is 4.16. The van der Waals surface area contributed by atoms with Gasteiger partial charge in [0.1, 0.15) is 10.7 Å². The van der Waals surface area contributed by atoms with Crippen LogP contribution in [0, 0.1) is 10.1 Å². The van der Waals surface area contributed by atoms with Crippen molar-refractivity contribution in [1.82, 2.24) is 4.90 Å². The molecule has 6 nitrogen and oxygen atoms in total. The summed E-state index contributed by atoms with van der Waals surface area (Å²) >= 11 is 0. The van der Waals surface area contributed by atoms with Gasteiger partial charge < -0.3 is 9.52 Å². The van der Waals surface area contributed by atoms with Gasteiger partial charge in [-0.1, -0.05) is 13.8 Å². The topological polar surface area (TPSA) is 79.8 Å². The summed E-state index contributed by atoms with van der Waals surface area (Å²) in [6.07, 6.45) is 1.94. The lowest BCUT2D eigenvalue weighted by Crippen LogP contribution is -2.36. The van der Waals surface area contributed by atoms with Crippen LogP contribution in [0.5, 0.6) is 0 Å². The maximum atomic E-state index is 10.5. The smallest absolute Gasteiger partial charge is 0.404 e. The summed E-state index contributed by atoms with van der Waals surface area (Å²) in [6.45, 7) is 5.27. The van der Waals surface area contributed by atoms with Crippen LogP contribution in [0.2, 0.25) is 0 Å². The minimum Gasteiger partial charge on any atom is -0.404 e.